The number of hydrogen-bond acceptors (Lipinski definition) is 6. The van der Waals surface area contributed by atoms with Gasteiger partial charge < -0.3 is 14.2 Å². The summed E-state index contributed by atoms with van der Waals surface area (Å²) in [6.07, 6.45) is 1.42. The molecule has 8 nitrogen and oxygen atoms in total. The van der Waals surface area contributed by atoms with E-state index in [0.29, 0.717) is 35.1 Å². The molecule has 0 radical (unpaired) electrons. The minimum atomic E-state index is -0.822. The second-order valence-corrected chi connectivity index (χ2v) is 8.57. The van der Waals surface area contributed by atoms with Crippen molar-refractivity contribution in [3.8, 4) is 17.2 Å². The number of barbiturate groups is 1. The Kier molecular flexibility index (Phi) is 7.57. The molecule has 8 heteroatoms. The highest BCUT2D eigenvalue weighted by molar-refractivity contribution is 6.39. The lowest BCUT2D eigenvalue weighted by Gasteiger charge is -2.26. The number of rotatable bonds is 8. The summed E-state index contributed by atoms with van der Waals surface area (Å²) in [5.41, 5.74) is 3.83. The van der Waals surface area contributed by atoms with Crippen LogP contribution in [-0.2, 0) is 16.2 Å². The van der Waals surface area contributed by atoms with E-state index in [2.05, 4.69) is 11.4 Å². The molecule has 4 amide bonds. The lowest BCUT2D eigenvalue weighted by molar-refractivity contribution is -0.122. The molecular weight excluding hydrogens is 472 g/mol. The van der Waals surface area contributed by atoms with Crippen LogP contribution in [0.15, 0.2) is 66.2 Å². The van der Waals surface area contributed by atoms with Crippen molar-refractivity contribution in [3.63, 3.8) is 0 Å². The molecular formula is C29H28N2O6. The molecule has 37 heavy (non-hydrogen) atoms. The Morgan fingerprint density at radius 1 is 0.865 bits per heavy atom. The monoisotopic (exact) mass is 500 g/mol. The SMILES string of the molecule is CCOc1ccc(N2C(=O)NC(=O)/C(=C\c3ccc(OC)cc3OCc3cc(C)cc(C)c3)C2=O)cc1. The van der Waals surface area contributed by atoms with Crippen LogP contribution in [0.4, 0.5) is 10.5 Å². The van der Waals surface area contributed by atoms with Crippen molar-refractivity contribution in [2.75, 3.05) is 18.6 Å². The van der Waals surface area contributed by atoms with Crippen molar-refractivity contribution >= 4 is 29.6 Å². The van der Waals surface area contributed by atoms with E-state index in [1.165, 1.54) is 6.08 Å². The number of anilines is 1. The summed E-state index contributed by atoms with van der Waals surface area (Å²) in [4.78, 5) is 39.5. The molecule has 0 aromatic heterocycles. The average molecular weight is 501 g/mol. The molecule has 0 unspecified atom stereocenters. The van der Waals surface area contributed by atoms with Crippen LogP contribution in [0, 0.1) is 13.8 Å². The third-order valence-corrected chi connectivity index (χ3v) is 5.70. The van der Waals surface area contributed by atoms with Crippen LogP contribution in [0.25, 0.3) is 6.08 Å². The van der Waals surface area contributed by atoms with E-state index in [-0.39, 0.29) is 12.2 Å². The smallest absolute Gasteiger partial charge is 0.335 e. The van der Waals surface area contributed by atoms with Gasteiger partial charge in [-0.3, -0.25) is 14.9 Å². The van der Waals surface area contributed by atoms with E-state index in [4.69, 9.17) is 14.2 Å². The molecule has 1 N–H and O–H groups in total. The van der Waals surface area contributed by atoms with Crippen LogP contribution in [0.1, 0.15) is 29.2 Å². The first-order valence-corrected chi connectivity index (χ1v) is 11.8. The van der Waals surface area contributed by atoms with Crippen LogP contribution >= 0.6 is 0 Å². The fraction of sp³-hybridized carbons (Fsp3) is 0.207. The Morgan fingerprint density at radius 3 is 2.19 bits per heavy atom. The summed E-state index contributed by atoms with van der Waals surface area (Å²) in [5, 5.41) is 2.24. The molecule has 3 aromatic rings. The fourth-order valence-corrected chi connectivity index (χ4v) is 4.10. The van der Waals surface area contributed by atoms with Crippen molar-refractivity contribution in [1.29, 1.82) is 0 Å². The Balaban J connectivity index is 1.66. The van der Waals surface area contributed by atoms with Gasteiger partial charge in [0.15, 0.2) is 0 Å². The van der Waals surface area contributed by atoms with Crippen LogP contribution in [0.2, 0.25) is 0 Å². The number of hydrogen-bond donors (Lipinski definition) is 1. The first kappa shape index (κ1) is 25.5. The molecule has 0 aliphatic carbocycles. The van der Waals surface area contributed by atoms with Crippen molar-refractivity contribution in [3.05, 3.63) is 88.5 Å². The second-order valence-electron chi connectivity index (χ2n) is 8.57. The zero-order chi connectivity index (χ0) is 26.5. The predicted octanol–water partition coefficient (Wildman–Crippen LogP) is 4.96. The summed E-state index contributed by atoms with van der Waals surface area (Å²) in [7, 11) is 1.54. The van der Waals surface area contributed by atoms with Gasteiger partial charge in [0.2, 0.25) is 0 Å². The number of amides is 4. The number of urea groups is 1. The summed E-state index contributed by atoms with van der Waals surface area (Å²) >= 11 is 0. The van der Waals surface area contributed by atoms with Crippen LogP contribution in [0.3, 0.4) is 0 Å². The highest BCUT2D eigenvalue weighted by atomic mass is 16.5. The standard InChI is InChI=1S/C29H28N2O6/c1-5-36-23-10-7-22(8-11-23)31-28(33)25(27(32)30-29(31)34)15-21-6-9-24(35-4)16-26(21)37-17-20-13-18(2)12-19(3)14-20/h6-16H,5,17H2,1-4H3,(H,30,32,34)/b25-15+. The number of methoxy groups -OCH3 is 1. The number of ether oxygens (including phenoxy) is 3. The van der Waals surface area contributed by atoms with Gasteiger partial charge in [-0.25, -0.2) is 9.69 Å². The van der Waals surface area contributed by atoms with E-state index in [0.717, 1.165) is 21.6 Å². The fourth-order valence-electron chi connectivity index (χ4n) is 4.10. The minimum absolute atomic E-state index is 0.199. The predicted molar refractivity (Wildman–Crippen MR) is 140 cm³/mol. The number of benzene rings is 3. The topological polar surface area (TPSA) is 94.2 Å². The molecule has 0 atom stereocenters. The summed E-state index contributed by atoms with van der Waals surface area (Å²) in [6, 6.07) is 16.9. The number of aryl methyl sites for hydroxylation is 2. The van der Waals surface area contributed by atoms with Gasteiger partial charge in [-0.15, -0.1) is 0 Å². The second kappa shape index (κ2) is 11.0. The summed E-state index contributed by atoms with van der Waals surface area (Å²) in [5.74, 6) is 0.0633. The Labute approximate surface area is 215 Å². The molecule has 1 aliphatic rings. The van der Waals surface area contributed by atoms with Crippen LogP contribution < -0.4 is 24.4 Å². The molecule has 190 valence electrons. The Hall–Kier alpha value is -4.59. The number of carbonyl (C=O) groups excluding carboxylic acids is 3. The maximum atomic E-state index is 13.3. The van der Waals surface area contributed by atoms with E-state index in [1.54, 1.807) is 49.6 Å². The van der Waals surface area contributed by atoms with Gasteiger partial charge in [-0.1, -0.05) is 29.3 Å². The molecule has 0 bridgehead atoms. The maximum Gasteiger partial charge on any atom is 0.335 e. The van der Waals surface area contributed by atoms with Gasteiger partial charge in [-0.05, 0) is 68.8 Å². The molecule has 0 spiro atoms. The number of nitrogens with one attached hydrogen (secondary N) is 1. The largest absolute Gasteiger partial charge is 0.497 e. The van der Waals surface area contributed by atoms with Crippen molar-refractivity contribution < 1.29 is 28.6 Å². The zero-order valence-corrected chi connectivity index (χ0v) is 21.2. The van der Waals surface area contributed by atoms with Crippen LogP contribution in [-0.4, -0.2) is 31.6 Å². The first-order chi connectivity index (χ1) is 17.8. The van der Waals surface area contributed by atoms with E-state index in [1.807, 2.05) is 32.9 Å². The van der Waals surface area contributed by atoms with Crippen molar-refractivity contribution in [2.45, 2.75) is 27.4 Å². The molecule has 0 saturated carbocycles. The molecule has 4 rings (SSSR count). The van der Waals surface area contributed by atoms with Crippen LogP contribution in [0.5, 0.6) is 17.2 Å². The van der Waals surface area contributed by atoms with Gasteiger partial charge in [0.1, 0.15) is 29.4 Å². The lowest BCUT2D eigenvalue weighted by atomic mass is 10.1. The van der Waals surface area contributed by atoms with Gasteiger partial charge in [0.25, 0.3) is 11.8 Å². The third kappa shape index (κ3) is 5.81. The van der Waals surface area contributed by atoms with E-state index in [9.17, 15) is 14.4 Å². The quantitative estimate of drug-likeness (QED) is 0.347. The summed E-state index contributed by atoms with van der Waals surface area (Å²) in [6.45, 7) is 6.66. The molecule has 3 aromatic carbocycles. The maximum absolute atomic E-state index is 13.3. The normalized spacial score (nSPS) is 14.5. The highest BCUT2D eigenvalue weighted by Crippen LogP contribution is 2.30. The van der Waals surface area contributed by atoms with Crippen molar-refractivity contribution in [1.82, 2.24) is 5.32 Å². The molecule has 1 heterocycles. The number of imide groups is 2. The highest BCUT2D eigenvalue weighted by Gasteiger charge is 2.37. The van der Waals surface area contributed by atoms with Gasteiger partial charge in [0, 0.05) is 11.6 Å². The Morgan fingerprint density at radius 2 is 1.54 bits per heavy atom. The molecule has 1 aliphatic heterocycles. The third-order valence-electron chi connectivity index (χ3n) is 5.70. The number of carbonyl (C=O) groups is 3. The number of nitrogens with zero attached hydrogens (tertiary/aromatic N) is 1. The Bertz CT molecular complexity index is 1360. The lowest BCUT2D eigenvalue weighted by Crippen LogP contribution is -2.54. The average Bonchev–Trinajstić information content (AvgIpc) is 2.86. The van der Waals surface area contributed by atoms with Gasteiger partial charge in [-0.2, -0.15) is 0 Å². The minimum Gasteiger partial charge on any atom is -0.497 e. The zero-order valence-electron chi connectivity index (χ0n) is 21.2. The van der Waals surface area contributed by atoms with Gasteiger partial charge in [0.05, 0.1) is 19.4 Å². The van der Waals surface area contributed by atoms with E-state index < -0.39 is 17.8 Å². The van der Waals surface area contributed by atoms with Gasteiger partial charge >= 0.3 is 6.03 Å². The first-order valence-electron chi connectivity index (χ1n) is 11.8. The summed E-state index contributed by atoms with van der Waals surface area (Å²) < 4.78 is 16.9. The molecule has 1 fully saturated rings. The van der Waals surface area contributed by atoms with Crippen molar-refractivity contribution in [2.24, 2.45) is 0 Å². The molecule has 1 saturated heterocycles. The van der Waals surface area contributed by atoms with E-state index >= 15 is 0 Å².